The fraction of sp³-hybridized carbons (Fsp3) is 0.357. The average molecular weight is 306 g/mol. The Balaban J connectivity index is 1.56. The predicted molar refractivity (Wildman–Crippen MR) is 80.6 cm³/mol. The summed E-state index contributed by atoms with van der Waals surface area (Å²) in [6.07, 6.45) is 6.18. The van der Waals surface area contributed by atoms with Gasteiger partial charge in [-0.3, -0.25) is 0 Å². The molecule has 1 aliphatic rings. The molecular formula is C14H18N4O2S. The van der Waals surface area contributed by atoms with Gasteiger partial charge in [-0.2, -0.15) is 0 Å². The highest BCUT2D eigenvalue weighted by Gasteiger charge is 2.27. The molecular weight excluding hydrogens is 288 g/mol. The largest absolute Gasteiger partial charge is 0.385 e. The van der Waals surface area contributed by atoms with Gasteiger partial charge in [0.05, 0.1) is 4.90 Å². The molecule has 0 bridgehead atoms. The summed E-state index contributed by atoms with van der Waals surface area (Å²) in [5.74, 6) is 0.926. The first-order valence-electron chi connectivity index (χ1n) is 6.98. The molecule has 3 N–H and O–H groups in total. The van der Waals surface area contributed by atoms with E-state index in [0.29, 0.717) is 4.90 Å². The van der Waals surface area contributed by atoms with Gasteiger partial charge in [0.15, 0.2) is 0 Å². The molecule has 1 aromatic carbocycles. The zero-order chi connectivity index (χ0) is 14.7. The quantitative estimate of drug-likeness (QED) is 0.723. The number of nitrogens with one attached hydrogen (secondary N) is 3. The van der Waals surface area contributed by atoms with E-state index in [1.54, 1.807) is 36.7 Å². The van der Waals surface area contributed by atoms with Crippen LogP contribution in [0.4, 0.5) is 5.69 Å². The second kappa shape index (κ2) is 5.87. The third-order valence-corrected chi connectivity index (χ3v) is 4.85. The van der Waals surface area contributed by atoms with Gasteiger partial charge in [-0.1, -0.05) is 0 Å². The highest BCUT2D eigenvalue weighted by atomic mass is 32.2. The number of nitrogens with zero attached hydrogens (tertiary/aromatic N) is 1. The molecule has 2 aromatic rings. The van der Waals surface area contributed by atoms with Gasteiger partial charge in [-0.25, -0.2) is 18.1 Å². The Labute approximate surface area is 124 Å². The number of sulfonamides is 1. The number of benzene rings is 1. The van der Waals surface area contributed by atoms with Crippen molar-refractivity contribution in [2.45, 2.75) is 30.2 Å². The Morgan fingerprint density at radius 2 is 2.00 bits per heavy atom. The topological polar surface area (TPSA) is 86.9 Å². The molecule has 0 radical (unpaired) electrons. The van der Waals surface area contributed by atoms with Crippen LogP contribution in [0.3, 0.4) is 0 Å². The molecule has 1 heterocycles. The fourth-order valence-electron chi connectivity index (χ4n) is 2.00. The molecule has 0 spiro atoms. The van der Waals surface area contributed by atoms with Crippen molar-refractivity contribution in [1.82, 2.24) is 14.7 Å². The maximum Gasteiger partial charge on any atom is 0.240 e. The molecule has 6 nitrogen and oxygen atoms in total. The van der Waals surface area contributed by atoms with E-state index in [4.69, 9.17) is 0 Å². The number of hydrogen-bond acceptors (Lipinski definition) is 4. The van der Waals surface area contributed by atoms with E-state index < -0.39 is 10.0 Å². The van der Waals surface area contributed by atoms with Gasteiger partial charge in [-0.05, 0) is 37.1 Å². The van der Waals surface area contributed by atoms with E-state index in [9.17, 15) is 8.42 Å². The normalized spacial score (nSPS) is 15.0. The molecule has 1 aliphatic carbocycles. The molecule has 0 aliphatic heterocycles. The van der Waals surface area contributed by atoms with Crippen molar-refractivity contribution in [1.29, 1.82) is 0 Å². The summed E-state index contributed by atoms with van der Waals surface area (Å²) in [7, 11) is -3.36. The second-order valence-electron chi connectivity index (χ2n) is 5.13. The number of aromatic nitrogens is 2. The van der Waals surface area contributed by atoms with Crippen LogP contribution in [0.5, 0.6) is 0 Å². The lowest BCUT2D eigenvalue weighted by Crippen LogP contribution is -2.25. The van der Waals surface area contributed by atoms with Crippen molar-refractivity contribution < 1.29 is 8.42 Å². The summed E-state index contributed by atoms with van der Waals surface area (Å²) in [6.45, 7) is 0.736. The Bertz CT molecular complexity index is 676. The minimum atomic E-state index is -3.36. The standard InChI is InChI=1S/C14H18N4O2S/c19-21(20,18-12-1-2-12)13-5-3-11(4-6-13)15-8-7-14-16-9-10-17-14/h3-6,9-10,12,15,18H,1-2,7-8H2,(H,16,17). The summed E-state index contributed by atoms with van der Waals surface area (Å²) in [4.78, 5) is 7.49. The SMILES string of the molecule is O=S(=O)(NC1CC1)c1ccc(NCCc2ncc[nH]2)cc1. The van der Waals surface area contributed by atoms with Gasteiger partial charge in [-0.15, -0.1) is 0 Å². The fourth-order valence-corrected chi connectivity index (χ4v) is 3.31. The third-order valence-electron chi connectivity index (χ3n) is 3.31. The van der Waals surface area contributed by atoms with Crippen LogP contribution in [0.15, 0.2) is 41.6 Å². The first kappa shape index (κ1) is 14.1. The van der Waals surface area contributed by atoms with Gasteiger partial charge < -0.3 is 10.3 Å². The molecule has 1 saturated carbocycles. The van der Waals surface area contributed by atoms with E-state index in [1.165, 1.54) is 0 Å². The lowest BCUT2D eigenvalue weighted by Gasteiger charge is -2.08. The molecule has 0 atom stereocenters. The minimum absolute atomic E-state index is 0.126. The van der Waals surface area contributed by atoms with Gasteiger partial charge in [0, 0.05) is 37.1 Å². The zero-order valence-corrected chi connectivity index (χ0v) is 12.4. The van der Waals surface area contributed by atoms with E-state index >= 15 is 0 Å². The van der Waals surface area contributed by atoms with Crippen molar-refractivity contribution in [3.8, 4) is 0 Å². The Kier molecular flexibility index (Phi) is 3.94. The first-order valence-corrected chi connectivity index (χ1v) is 8.46. The third kappa shape index (κ3) is 3.83. The summed E-state index contributed by atoms with van der Waals surface area (Å²) in [6, 6.07) is 6.94. The Hall–Kier alpha value is -1.86. The Morgan fingerprint density at radius 1 is 1.24 bits per heavy atom. The predicted octanol–water partition coefficient (Wildman–Crippen LogP) is 1.50. The molecule has 112 valence electrons. The number of rotatable bonds is 7. The maximum atomic E-state index is 12.0. The van der Waals surface area contributed by atoms with E-state index in [0.717, 1.165) is 37.3 Å². The average Bonchev–Trinajstić information content (AvgIpc) is 3.11. The molecule has 21 heavy (non-hydrogen) atoms. The van der Waals surface area contributed by atoms with Crippen molar-refractivity contribution in [2.75, 3.05) is 11.9 Å². The summed E-state index contributed by atoms with van der Waals surface area (Å²) in [5.41, 5.74) is 0.895. The summed E-state index contributed by atoms with van der Waals surface area (Å²) in [5, 5.41) is 3.24. The van der Waals surface area contributed by atoms with Gasteiger partial charge >= 0.3 is 0 Å². The van der Waals surface area contributed by atoms with E-state index in [1.807, 2.05) is 0 Å². The van der Waals surface area contributed by atoms with Gasteiger partial charge in [0.2, 0.25) is 10.0 Å². The minimum Gasteiger partial charge on any atom is -0.385 e. The number of H-pyrrole nitrogens is 1. The molecule has 0 unspecified atom stereocenters. The van der Waals surface area contributed by atoms with Crippen LogP contribution in [0, 0.1) is 0 Å². The number of imidazole rings is 1. The Morgan fingerprint density at radius 3 is 2.62 bits per heavy atom. The second-order valence-corrected chi connectivity index (χ2v) is 6.85. The highest BCUT2D eigenvalue weighted by Crippen LogP contribution is 2.22. The maximum absolute atomic E-state index is 12.0. The molecule has 0 saturated heterocycles. The molecule has 7 heteroatoms. The van der Waals surface area contributed by atoms with Crippen molar-refractivity contribution in [2.24, 2.45) is 0 Å². The smallest absolute Gasteiger partial charge is 0.240 e. The number of aromatic amines is 1. The van der Waals surface area contributed by atoms with Crippen LogP contribution in [0.1, 0.15) is 18.7 Å². The van der Waals surface area contributed by atoms with E-state index in [-0.39, 0.29) is 6.04 Å². The van der Waals surface area contributed by atoms with Gasteiger partial charge in [0.25, 0.3) is 0 Å². The van der Waals surface area contributed by atoms with Crippen LogP contribution in [-0.2, 0) is 16.4 Å². The van der Waals surface area contributed by atoms with Crippen molar-refractivity contribution in [3.63, 3.8) is 0 Å². The van der Waals surface area contributed by atoms with Crippen LogP contribution in [0.25, 0.3) is 0 Å². The zero-order valence-electron chi connectivity index (χ0n) is 11.5. The van der Waals surface area contributed by atoms with Crippen LogP contribution in [0.2, 0.25) is 0 Å². The summed E-state index contributed by atoms with van der Waals surface area (Å²) < 4.78 is 26.7. The molecule has 1 aromatic heterocycles. The number of anilines is 1. The first-order chi connectivity index (χ1) is 10.1. The monoisotopic (exact) mass is 306 g/mol. The van der Waals surface area contributed by atoms with E-state index in [2.05, 4.69) is 20.0 Å². The van der Waals surface area contributed by atoms with Gasteiger partial charge in [0.1, 0.15) is 5.82 Å². The lowest BCUT2D eigenvalue weighted by atomic mass is 10.3. The number of hydrogen-bond donors (Lipinski definition) is 3. The van der Waals surface area contributed by atoms with Crippen LogP contribution in [-0.4, -0.2) is 31.0 Å². The van der Waals surface area contributed by atoms with Crippen molar-refractivity contribution >= 4 is 15.7 Å². The van der Waals surface area contributed by atoms with Crippen LogP contribution < -0.4 is 10.0 Å². The van der Waals surface area contributed by atoms with Crippen LogP contribution >= 0.6 is 0 Å². The molecule has 1 fully saturated rings. The van der Waals surface area contributed by atoms with Crippen molar-refractivity contribution in [3.05, 3.63) is 42.5 Å². The summed E-state index contributed by atoms with van der Waals surface area (Å²) >= 11 is 0. The molecule has 3 rings (SSSR count). The molecule has 0 amide bonds. The highest BCUT2D eigenvalue weighted by molar-refractivity contribution is 7.89. The lowest BCUT2D eigenvalue weighted by molar-refractivity contribution is 0.581.